The van der Waals surface area contributed by atoms with Crippen molar-refractivity contribution in [1.29, 1.82) is 0 Å². The van der Waals surface area contributed by atoms with Crippen molar-refractivity contribution in [1.82, 2.24) is 0 Å². The van der Waals surface area contributed by atoms with E-state index in [0.29, 0.717) is 22.5 Å². The molecule has 0 aromatic rings. The fraction of sp³-hybridized carbons (Fsp3) is 0.900. The first-order chi connectivity index (χ1) is 14.4. The number of allylic oxidation sites excluding steroid dienone is 2. The van der Waals surface area contributed by atoms with Gasteiger partial charge in [-0.15, -0.1) is 0 Å². The van der Waals surface area contributed by atoms with E-state index in [1.807, 2.05) is 0 Å². The number of rotatable bonds is 5. The second-order valence-corrected chi connectivity index (χ2v) is 13.9. The Morgan fingerprint density at radius 3 is 2.32 bits per heavy atom. The molecule has 1 nitrogen and oxygen atoms in total. The average molecular weight is 427 g/mol. The molecule has 4 aliphatic rings. The minimum atomic E-state index is -0.149. The lowest BCUT2D eigenvalue weighted by Crippen LogP contribution is -2.56. The molecule has 7 atom stereocenters. The Balaban J connectivity index is 1.61. The topological polar surface area (TPSA) is 17.1 Å². The van der Waals surface area contributed by atoms with Crippen molar-refractivity contribution in [3.63, 3.8) is 0 Å². The van der Waals surface area contributed by atoms with E-state index in [4.69, 9.17) is 0 Å². The predicted molar refractivity (Wildman–Crippen MR) is 132 cm³/mol. The Kier molecular flexibility index (Phi) is 5.88. The Hall–Kier alpha value is -0.590. The van der Waals surface area contributed by atoms with Crippen LogP contribution in [0.4, 0.5) is 0 Å². The first-order valence-corrected chi connectivity index (χ1v) is 13.6. The summed E-state index contributed by atoms with van der Waals surface area (Å²) in [4.78, 5) is 12.8. The van der Waals surface area contributed by atoms with E-state index in [0.717, 1.165) is 36.5 Å². The highest BCUT2D eigenvalue weighted by Gasteiger charge is 2.65. The third kappa shape index (κ3) is 3.33. The van der Waals surface area contributed by atoms with Crippen LogP contribution >= 0.6 is 0 Å². The largest absolute Gasteiger partial charge is 0.299 e. The zero-order valence-corrected chi connectivity index (χ0v) is 21.9. The van der Waals surface area contributed by atoms with E-state index >= 15 is 0 Å². The van der Waals surface area contributed by atoms with Crippen molar-refractivity contribution in [3.8, 4) is 0 Å². The van der Waals surface area contributed by atoms with Gasteiger partial charge in [0.25, 0.3) is 0 Å². The number of ketones is 1. The third-order valence-electron chi connectivity index (χ3n) is 11.7. The van der Waals surface area contributed by atoms with Gasteiger partial charge in [0.1, 0.15) is 5.78 Å². The van der Waals surface area contributed by atoms with E-state index in [1.54, 1.807) is 5.57 Å². The van der Waals surface area contributed by atoms with Crippen molar-refractivity contribution in [2.24, 2.45) is 51.2 Å². The SMILES string of the molecule is CC(C)CCC[C@@H](C)[C@H]1CC[C@@]2(C)[C@@H]3CC[C@H]4C(C)(C)C(=O)CC[C@]4(C)C3=CC[C@]12C. The minimum absolute atomic E-state index is 0.149. The van der Waals surface area contributed by atoms with Gasteiger partial charge in [0.15, 0.2) is 0 Å². The first kappa shape index (κ1) is 23.6. The van der Waals surface area contributed by atoms with Crippen LogP contribution in [0, 0.1) is 51.2 Å². The van der Waals surface area contributed by atoms with Crippen LogP contribution in [0.1, 0.15) is 120 Å². The number of hydrogen-bond donors (Lipinski definition) is 0. The zero-order chi connectivity index (χ0) is 22.8. The Morgan fingerprint density at radius 1 is 0.935 bits per heavy atom. The molecule has 4 rings (SSSR count). The fourth-order valence-corrected chi connectivity index (χ4v) is 9.53. The Labute approximate surface area is 193 Å². The van der Waals surface area contributed by atoms with Crippen LogP contribution in [0.3, 0.4) is 0 Å². The summed E-state index contributed by atoms with van der Waals surface area (Å²) >= 11 is 0. The molecule has 0 bridgehead atoms. The molecule has 4 aliphatic carbocycles. The summed E-state index contributed by atoms with van der Waals surface area (Å²) in [6, 6.07) is 0. The van der Waals surface area contributed by atoms with E-state index < -0.39 is 0 Å². The summed E-state index contributed by atoms with van der Waals surface area (Å²) in [5.74, 6) is 4.33. The van der Waals surface area contributed by atoms with E-state index in [1.165, 1.54) is 51.4 Å². The van der Waals surface area contributed by atoms with Gasteiger partial charge in [-0.25, -0.2) is 0 Å². The first-order valence-electron chi connectivity index (χ1n) is 13.6. The van der Waals surface area contributed by atoms with E-state index in [-0.39, 0.29) is 10.8 Å². The summed E-state index contributed by atoms with van der Waals surface area (Å²) in [5.41, 5.74) is 2.75. The lowest BCUT2D eigenvalue weighted by Gasteiger charge is -2.63. The van der Waals surface area contributed by atoms with Crippen molar-refractivity contribution >= 4 is 5.78 Å². The van der Waals surface area contributed by atoms with Gasteiger partial charge in [-0.2, -0.15) is 0 Å². The summed E-state index contributed by atoms with van der Waals surface area (Å²) in [5, 5.41) is 0. The number of Topliss-reactive ketones (excluding diaryl/α,β-unsaturated/α-hetero) is 1. The monoisotopic (exact) mass is 426 g/mol. The minimum Gasteiger partial charge on any atom is -0.299 e. The highest BCUT2D eigenvalue weighted by atomic mass is 16.1. The van der Waals surface area contributed by atoms with Gasteiger partial charge in [0, 0.05) is 11.8 Å². The second-order valence-electron chi connectivity index (χ2n) is 13.9. The van der Waals surface area contributed by atoms with Crippen LogP contribution in [0.5, 0.6) is 0 Å². The summed E-state index contributed by atoms with van der Waals surface area (Å²) in [6.45, 7) is 19.7. The smallest absolute Gasteiger partial charge is 0.138 e. The van der Waals surface area contributed by atoms with Crippen molar-refractivity contribution in [2.45, 2.75) is 120 Å². The molecule has 1 heteroatoms. The maximum atomic E-state index is 12.8. The molecule has 3 saturated carbocycles. The summed E-state index contributed by atoms with van der Waals surface area (Å²) in [6.07, 6.45) is 15.5. The number of carbonyl (C=O) groups is 1. The van der Waals surface area contributed by atoms with Gasteiger partial charge in [-0.05, 0) is 84.4 Å². The van der Waals surface area contributed by atoms with E-state index in [2.05, 4.69) is 61.5 Å². The highest BCUT2D eigenvalue weighted by Crippen LogP contribution is 2.72. The van der Waals surface area contributed by atoms with Crippen LogP contribution in [-0.4, -0.2) is 5.78 Å². The maximum absolute atomic E-state index is 12.8. The lowest BCUT2D eigenvalue weighted by molar-refractivity contribution is -0.142. The molecule has 0 radical (unpaired) electrons. The molecule has 176 valence electrons. The summed E-state index contributed by atoms with van der Waals surface area (Å²) < 4.78 is 0. The molecule has 0 heterocycles. The van der Waals surface area contributed by atoms with Gasteiger partial charge in [-0.1, -0.05) is 86.3 Å². The molecule has 0 N–H and O–H groups in total. The van der Waals surface area contributed by atoms with Crippen LogP contribution in [0.15, 0.2) is 11.6 Å². The van der Waals surface area contributed by atoms with Crippen LogP contribution in [0.25, 0.3) is 0 Å². The van der Waals surface area contributed by atoms with Crippen LogP contribution in [-0.2, 0) is 4.79 Å². The fourth-order valence-electron chi connectivity index (χ4n) is 9.53. The molecular formula is C30H50O. The molecule has 31 heavy (non-hydrogen) atoms. The Bertz CT molecular complexity index is 744. The molecule has 3 fully saturated rings. The second kappa shape index (κ2) is 7.73. The molecule has 0 aliphatic heterocycles. The Morgan fingerprint density at radius 2 is 1.65 bits per heavy atom. The van der Waals surface area contributed by atoms with Crippen molar-refractivity contribution in [2.75, 3.05) is 0 Å². The van der Waals surface area contributed by atoms with Crippen molar-refractivity contribution < 1.29 is 4.79 Å². The summed E-state index contributed by atoms with van der Waals surface area (Å²) in [7, 11) is 0. The standard InChI is InChI=1S/C30H50O/c1-20(2)10-9-11-21(3)22-14-18-30(8)24-12-13-25-27(4,5)26(31)16-17-28(25,6)23(24)15-19-29(22,30)7/h15,20-22,24-25H,9-14,16-19H2,1-8H3/t21-,22-,24-,25+,28-,29-,30+/m1/s1. The molecular weight excluding hydrogens is 376 g/mol. The van der Waals surface area contributed by atoms with Gasteiger partial charge in [0.2, 0.25) is 0 Å². The predicted octanol–water partition coefficient (Wildman–Crippen LogP) is 8.62. The van der Waals surface area contributed by atoms with Crippen LogP contribution in [0.2, 0.25) is 0 Å². The molecule has 0 aromatic carbocycles. The number of fused-ring (bicyclic) bond motifs is 5. The van der Waals surface area contributed by atoms with Gasteiger partial charge in [0.05, 0.1) is 0 Å². The molecule has 0 unspecified atom stereocenters. The molecule has 0 spiro atoms. The quantitative estimate of drug-likeness (QED) is 0.402. The number of carbonyl (C=O) groups excluding carboxylic acids is 1. The normalized spacial score (nSPS) is 45.0. The zero-order valence-electron chi connectivity index (χ0n) is 21.9. The van der Waals surface area contributed by atoms with Gasteiger partial charge < -0.3 is 0 Å². The maximum Gasteiger partial charge on any atom is 0.138 e. The van der Waals surface area contributed by atoms with Gasteiger partial charge in [-0.3, -0.25) is 4.79 Å². The third-order valence-corrected chi connectivity index (χ3v) is 11.7. The highest BCUT2D eigenvalue weighted by molar-refractivity contribution is 5.85. The molecule has 0 saturated heterocycles. The van der Waals surface area contributed by atoms with Gasteiger partial charge >= 0.3 is 0 Å². The van der Waals surface area contributed by atoms with E-state index in [9.17, 15) is 4.79 Å². The van der Waals surface area contributed by atoms with Crippen LogP contribution < -0.4 is 0 Å². The molecule has 0 amide bonds. The molecule has 0 aromatic heterocycles. The number of hydrogen-bond acceptors (Lipinski definition) is 1. The average Bonchev–Trinajstić information content (AvgIpc) is 2.96. The lowest BCUT2D eigenvalue weighted by atomic mass is 9.41. The van der Waals surface area contributed by atoms with Crippen molar-refractivity contribution in [3.05, 3.63) is 11.6 Å².